The van der Waals surface area contributed by atoms with Crippen LogP contribution < -0.4 is 0 Å². The molecule has 0 spiro atoms. The third kappa shape index (κ3) is 2.34. The lowest BCUT2D eigenvalue weighted by molar-refractivity contribution is 0.629. The summed E-state index contributed by atoms with van der Waals surface area (Å²) in [4.78, 5) is 0.738. The lowest BCUT2D eigenvalue weighted by Crippen LogP contribution is -1.89. The molecule has 92 valence electrons. The van der Waals surface area contributed by atoms with E-state index in [9.17, 15) is 4.39 Å². The summed E-state index contributed by atoms with van der Waals surface area (Å²) in [6, 6.07) is 1.29. The smallest absolute Gasteiger partial charge is 0.144 e. The molecule has 0 saturated heterocycles. The van der Waals surface area contributed by atoms with Crippen molar-refractivity contribution in [1.82, 2.24) is 8.75 Å². The first-order valence-corrected chi connectivity index (χ1v) is 6.88. The molecule has 0 aliphatic rings. The van der Waals surface area contributed by atoms with Crippen LogP contribution in [-0.2, 0) is 0 Å². The van der Waals surface area contributed by atoms with Crippen molar-refractivity contribution in [2.45, 2.75) is 0 Å². The first kappa shape index (κ1) is 13.3. The van der Waals surface area contributed by atoms with E-state index in [1.54, 1.807) is 17.6 Å². The lowest BCUT2D eigenvalue weighted by Gasteiger charge is -2.08. The fourth-order valence-corrected chi connectivity index (χ4v) is 2.98. The number of halogens is 2. The summed E-state index contributed by atoms with van der Waals surface area (Å²) in [5, 5.41) is 1.68. The van der Waals surface area contributed by atoms with Gasteiger partial charge in [-0.25, -0.2) is 4.39 Å². The Morgan fingerprint density at radius 1 is 1.44 bits per heavy atom. The van der Waals surface area contributed by atoms with Crippen molar-refractivity contribution < 1.29 is 4.39 Å². The van der Waals surface area contributed by atoms with Gasteiger partial charge >= 0.3 is 0 Å². The minimum atomic E-state index is -0.508. The molecule has 1 aromatic carbocycles. The summed E-state index contributed by atoms with van der Waals surface area (Å²) in [6.45, 7) is 7.28. The van der Waals surface area contributed by atoms with Crippen molar-refractivity contribution in [3.8, 4) is 0 Å². The number of hydrogen-bond acceptors (Lipinski definition) is 4. The Hall–Kier alpha value is -1.17. The highest BCUT2D eigenvalue weighted by Crippen LogP contribution is 2.38. The van der Waals surface area contributed by atoms with Gasteiger partial charge in [-0.2, -0.15) is 8.75 Å². The molecule has 2 nitrogen and oxygen atoms in total. The van der Waals surface area contributed by atoms with E-state index in [1.165, 1.54) is 17.8 Å². The standard InChI is InChI=1S/C12H8ClFN2S2/c1-3-5-9(17-4-2)10-11(13)7(14)6-8-12(10)16-18-15-8/h3-6H,1-2H2/b9-5-. The number of hydrogen-bond donors (Lipinski definition) is 0. The van der Waals surface area contributed by atoms with E-state index in [-0.39, 0.29) is 5.02 Å². The fourth-order valence-electron chi connectivity index (χ4n) is 1.47. The van der Waals surface area contributed by atoms with Crippen LogP contribution in [0.15, 0.2) is 36.8 Å². The highest BCUT2D eigenvalue weighted by molar-refractivity contribution is 8.10. The minimum absolute atomic E-state index is 0.0395. The summed E-state index contributed by atoms with van der Waals surface area (Å²) in [5.41, 5.74) is 1.62. The number of benzene rings is 1. The van der Waals surface area contributed by atoms with E-state index in [2.05, 4.69) is 21.9 Å². The highest BCUT2D eigenvalue weighted by Gasteiger charge is 2.18. The molecule has 2 rings (SSSR count). The second-order valence-corrected chi connectivity index (χ2v) is 5.15. The molecule has 0 radical (unpaired) electrons. The van der Waals surface area contributed by atoms with Crippen molar-refractivity contribution in [3.63, 3.8) is 0 Å². The predicted octanol–water partition coefficient (Wildman–Crippen LogP) is 4.89. The van der Waals surface area contributed by atoms with Gasteiger partial charge in [-0.15, -0.1) is 0 Å². The Balaban J connectivity index is 2.77. The second-order valence-electron chi connectivity index (χ2n) is 3.23. The van der Waals surface area contributed by atoms with Gasteiger partial charge in [0.2, 0.25) is 0 Å². The number of allylic oxidation sites excluding steroid dienone is 2. The molecule has 0 saturated carbocycles. The van der Waals surface area contributed by atoms with E-state index >= 15 is 0 Å². The number of thioether (sulfide) groups is 1. The van der Waals surface area contributed by atoms with Crippen LogP contribution in [0.5, 0.6) is 0 Å². The molecule has 1 aromatic heterocycles. The maximum atomic E-state index is 13.7. The van der Waals surface area contributed by atoms with Crippen LogP contribution in [0.1, 0.15) is 5.56 Å². The molecule has 2 aromatic rings. The first-order valence-electron chi connectivity index (χ1n) is 4.90. The monoisotopic (exact) mass is 298 g/mol. The third-order valence-corrected chi connectivity index (χ3v) is 3.84. The van der Waals surface area contributed by atoms with Gasteiger partial charge in [0.15, 0.2) is 0 Å². The lowest BCUT2D eigenvalue weighted by atomic mass is 10.1. The van der Waals surface area contributed by atoms with E-state index in [1.807, 2.05) is 0 Å². The van der Waals surface area contributed by atoms with Crippen molar-refractivity contribution in [3.05, 3.63) is 53.2 Å². The van der Waals surface area contributed by atoms with Crippen molar-refractivity contribution in [1.29, 1.82) is 0 Å². The zero-order valence-electron chi connectivity index (χ0n) is 9.19. The average Bonchev–Trinajstić information content (AvgIpc) is 2.78. The Bertz CT molecular complexity index is 649. The number of rotatable bonds is 4. The maximum Gasteiger partial charge on any atom is 0.144 e. The zero-order valence-corrected chi connectivity index (χ0v) is 11.6. The largest absolute Gasteiger partial charge is 0.205 e. The molecular weight excluding hydrogens is 291 g/mol. The highest BCUT2D eigenvalue weighted by atomic mass is 35.5. The molecule has 0 atom stereocenters. The van der Waals surface area contributed by atoms with Gasteiger partial charge in [-0.1, -0.05) is 42.6 Å². The van der Waals surface area contributed by atoms with Gasteiger partial charge in [-0.3, -0.25) is 0 Å². The van der Waals surface area contributed by atoms with Crippen LogP contribution in [0.4, 0.5) is 4.39 Å². The van der Waals surface area contributed by atoms with Crippen LogP contribution in [-0.4, -0.2) is 8.75 Å². The summed E-state index contributed by atoms with van der Waals surface area (Å²) >= 11 is 8.39. The van der Waals surface area contributed by atoms with Gasteiger partial charge in [0.1, 0.15) is 16.9 Å². The number of nitrogens with zero attached hydrogens (tertiary/aromatic N) is 2. The molecule has 0 amide bonds. The predicted molar refractivity (Wildman–Crippen MR) is 78.3 cm³/mol. The molecule has 18 heavy (non-hydrogen) atoms. The number of fused-ring (bicyclic) bond motifs is 1. The van der Waals surface area contributed by atoms with Gasteiger partial charge in [0.25, 0.3) is 0 Å². The molecule has 0 aliphatic carbocycles. The van der Waals surface area contributed by atoms with Crippen LogP contribution in [0.2, 0.25) is 5.02 Å². The Kier molecular flexibility index (Phi) is 4.16. The van der Waals surface area contributed by atoms with E-state index < -0.39 is 5.82 Å². The molecule has 0 unspecified atom stereocenters. The normalized spacial score (nSPS) is 11.8. The topological polar surface area (TPSA) is 25.8 Å². The van der Waals surface area contributed by atoms with Gasteiger partial charge in [0.05, 0.1) is 16.8 Å². The van der Waals surface area contributed by atoms with Crippen molar-refractivity contribution in [2.24, 2.45) is 0 Å². The summed E-state index contributed by atoms with van der Waals surface area (Å²) < 4.78 is 21.9. The van der Waals surface area contributed by atoms with Crippen molar-refractivity contribution in [2.75, 3.05) is 0 Å². The second kappa shape index (κ2) is 5.65. The summed E-state index contributed by atoms with van der Waals surface area (Å²) in [6.07, 6.45) is 3.35. The van der Waals surface area contributed by atoms with Crippen molar-refractivity contribution >= 4 is 51.0 Å². The Labute approximate surface area is 117 Å². The maximum absolute atomic E-state index is 13.7. The van der Waals surface area contributed by atoms with E-state index in [4.69, 9.17) is 11.6 Å². The Morgan fingerprint density at radius 3 is 2.89 bits per heavy atom. The van der Waals surface area contributed by atoms with E-state index in [0.717, 1.165) is 16.6 Å². The molecule has 0 fully saturated rings. The SMILES string of the molecule is C=C/C=C(\SC=C)c1c(Cl)c(F)cc2nsnc12. The van der Waals surface area contributed by atoms with Gasteiger partial charge in [-0.05, 0) is 11.5 Å². The zero-order chi connectivity index (χ0) is 13.1. The third-order valence-electron chi connectivity index (χ3n) is 2.17. The molecule has 0 N–H and O–H groups in total. The van der Waals surface area contributed by atoms with Gasteiger partial charge in [0, 0.05) is 16.5 Å². The molecule has 0 aliphatic heterocycles. The Morgan fingerprint density at radius 2 is 2.22 bits per heavy atom. The number of aromatic nitrogens is 2. The van der Waals surface area contributed by atoms with Gasteiger partial charge < -0.3 is 0 Å². The van der Waals surface area contributed by atoms with Crippen LogP contribution in [0, 0.1) is 5.82 Å². The summed E-state index contributed by atoms with van der Waals surface area (Å²) in [5.74, 6) is -0.508. The quantitative estimate of drug-likeness (QED) is 0.752. The molecule has 6 heteroatoms. The summed E-state index contributed by atoms with van der Waals surface area (Å²) in [7, 11) is 0. The fraction of sp³-hybridized carbons (Fsp3) is 0. The van der Waals surface area contributed by atoms with E-state index in [0.29, 0.717) is 16.6 Å². The average molecular weight is 299 g/mol. The van der Waals surface area contributed by atoms with Crippen LogP contribution in [0.3, 0.4) is 0 Å². The minimum Gasteiger partial charge on any atom is -0.205 e. The van der Waals surface area contributed by atoms with Crippen LogP contribution >= 0.6 is 35.1 Å². The molecular formula is C12H8ClFN2S2. The first-order chi connectivity index (χ1) is 8.69. The van der Waals surface area contributed by atoms with Crippen LogP contribution in [0.25, 0.3) is 15.9 Å². The molecule has 1 heterocycles. The molecule has 0 bridgehead atoms.